The molecule has 2 aromatic rings. The molecule has 2 rings (SSSR count). The Morgan fingerprint density at radius 2 is 2.07 bits per heavy atom. The first-order chi connectivity index (χ1) is 6.96. The molecule has 5 nitrogen and oxygen atoms in total. The minimum absolute atomic E-state index is 0.677. The van der Waals surface area contributed by atoms with E-state index in [1.165, 1.54) is 6.33 Å². The molecule has 0 radical (unpaired) electrons. The second-order valence-corrected chi connectivity index (χ2v) is 9.82. The molecule has 80 valence electrons. The summed E-state index contributed by atoms with van der Waals surface area (Å²) in [6.07, 6.45) is 1.53. The van der Waals surface area contributed by atoms with Crippen LogP contribution >= 0.6 is 15.9 Å². The second-order valence-electron chi connectivity index (χ2n) is 4.32. The standard InChI is InChI=1S/C8H12BrN5Si/c1-15(2,3)14-7-5-6(10-4-11-7)13-8(9)12-5/h4H,1-3H3,(H2,10,11,12,13,14). The van der Waals surface area contributed by atoms with Crippen LogP contribution in [0.25, 0.3) is 11.2 Å². The summed E-state index contributed by atoms with van der Waals surface area (Å²) in [4.78, 5) is 19.0. The number of hydrogen-bond donors (Lipinski definition) is 2. The van der Waals surface area contributed by atoms with E-state index in [9.17, 15) is 0 Å². The number of H-pyrrole nitrogens is 1. The zero-order valence-corrected chi connectivity index (χ0v) is 11.4. The third kappa shape index (κ3) is 2.35. The van der Waals surface area contributed by atoms with Crippen molar-refractivity contribution in [1.82, 2.24) is 19.9 Å². The maximum absolute atomic E-state index is 4.23. The van der Waals surface area contributed by atoms with E-state index in [2.05, 4.69) is 60.5 Å². The minimum atomic E-state index is -1.41. The normalized spacial score (nSPS) is 12.0. The van der Waals surface area contributed by atoms with Crippen molar-refractivity contribution < 1.29 is 0 Å². The van der Waals surface area contributed by atoms with Gasteiger partial charge in [-0.15, -0.1) is 0 Å². The van der Waals surface area contributed by atoms with Crippen molar-refractivity contribution >= 4 is 41.1 Å². The van der Waals surface area contributed by atoms with Crippen LogP contribution in [0.3, 0.4) is 0 Å². The average molecular weight is 286 g/mol. The molecule has 2 N–H and O–H groups in total. The summed E-state index contributed by atoms with van der Waals surface area (Å²) in [5.41, 5.74) is 1.53. The van der Waals surface area contributed by atoms with Gasteiger partial charge in [0.2, 0.25) is 0 Å². The van der Waals surface area contributed by atoms with E-state index in [1.54, 1.807) is 0 Å². The second kappa shape index (κ2) is 3.56. The summed E-state index contributed by atoms with van der Waals surface area (Å²) in [6.45, 7) is 6.64. The van der Waals surface area contributed by atoms with Crippen LogP contribution in [0.4, 0.5) is 5.82 Å². The van der Waals surface area contributed by atoms with Crippen molar-refractivity contribution in [3.05, 3.63) is 11.1 Å². The fourth-order valence-corrected chi connectivity index (χ4v) is 2.52. The quantitative estimate of drug-likeness (QED) is 0.657. The number of halogens is 1. The number of hydrogen-bond acceptors (Lipinski definition) is 4. The summed E-state index contributed by atoms with van der Waals surface area (Å²) in [5, 5.41) is 0. The molecule has 0 fully saturated rings. The molecule has 2 aromatic heterocycles. The van der Waals surface area contributed by atoms with E-state index in [0.29, 0.717) is 10.4 Å². The van der Waals surface area contributed by atoms with Crippen molar-refractivity contribution in [2.45, 2.75) is 19.6 Å². The molecule has 0 spiro atoms. The number of aromatic nitrogens is 4. The van der Waals surface area contributed by atoms with Crippen molar-refractivity contribution in [2.75, 3.05) is 4.98 Å². The van der Waals surface area contributed by atoms with Gasteiger partial charge in [0.1, 0.15) is 25.9 Å². The Balaban J connectivity index is 2.51. The fourth-order valence-electron chi connectivity index (χ4n) is 1.25. The SMILES string of the molecule is C[Si](C)(C)Nc1ncnc2nc(Br)[nH]c12. The third-order valence-corrected chi connectivity index (χ3v) is 3.12. The van der Waals surface area contributed by atoms with Crippen LogP contribution in [-0.4, -0.2) is 28.2 Å². The van der Waals surface area contributed by atoms with Crippen molar-refractivity contribution in [1.29, 1.82) is 0 Å². The number of aromatic amines is 1. The predicted octanol–water partition coefficient (Wildman–Crippen LogP) is 2.36. The topological polar surface area (TPSA) is 66.5 Å². The Morgan fingerprint density at radius 3 is 2.73 bits per heavy atom. The van der Waals surface area contributed by atoms with Crippen molar-refractivity contribution in [3.63, 3.8) is 0 Å². The third-order valence-electron chi connectivity index (χ3n) is 1.75. The summed E-state index contributed by atoms with van der Waals surface area (Å²) in [5.74, 6) is 0.831. The molecule has 15 heavy (non-hydrogen) atoms. The molecule has 7 heteroatoms. The van der Waals surface area contributed by atoms with Gasteiger partial charge in [-0.05, 0) is 15.9 Å². The number of rotatable bonds is 2. The first-order valence-corrected chi connectivity index (χ1v) is 8.89. The smallest absolute Gasteiger partial charge is 0.183 e. The van der Waals surface area contributed by atoms with E-state index in [1.807, 2.05) is 0 Å². The Labute approximate surface area is 97.0 Å². The lowest BCUT2D eigenvalue weighted by atomic mass is 10.5. The fraction of sp³-hybridized carbons (Fsp3) is 0.375. The molecule has 0 aliphatic rings. The lowest BCUT2D eigenvalue weighted by Crippen LogP contribution is -2.32. The minimum Gasteiger partial charge on any atom is -0.394 e. The number of imidazole rings is 1. The van der Waals surface area contributed by atoms with Gasteiger partial charge in [-0.2, -0.15) is 0 Å². The molecular formula is C8H12BrN5Si. The van der Waals surface area contributed by atoms with Crippen LogP contribution in [0.5, 0.6) is 0 Å². The van der Waals surface area contributed by atoms with Gasteiger partial charge < -0.3 is 9.97 Å². The highest BCUT2D eigenvalue weighted by atomic mass is 79.9. The predicted molar refractivity (Wildman–Crippen MR) is 66.4 cm³/mol. The van der Waals surface area contributed by atoms with Gasteiger partial charge in [0.05, 0.1) is 0 Å². The summed E-state index contributed by atoms with van der Waals surface area (Å²) >= 11 is 3.29. The largest absolute Gasteiger partial charge is 0.394 e. The van der Waals surface area contributed by atoms with E-state index in [0.717, 1.165) is 11.3 Å². The Morgan fingerprint density at radius 1 is 1.33 bits per heavy atom. The molecule has 0 saturated carbocycles. The first-order valence-electron chi connectivity index (χ1n) is 4.60. The molecule has 2 heterocycles. The first kappa shape index (κ1) is 10.6. The van der Waals surface area contributed by atoms with Gasteiger partial charge in [-0.3, -0.25) is 0 Å². The zero-order valence-electron chi connectivity index (χ0n) is 8.80. The van der Waals surface area contributed by atoms with E-state index in [4.69, 9.17) is 0 Å². The number of fused-ring (bicyclic) bond motifs is 1. The van der Waals surface area contributed by atoms with Gasteiger partial charge in [0.25, 0.3) is 0 Å². The molecular weight excluding hydrogens is 274 g/mol. The highest BCUT2D eigenvalue weighted by molar-refractivity contribution is 9.10. The average Bonchev–Trinajstić information content (AvgIpc) is 2.43. The number of anilines is 1. The summed E-state index contributed by atoms with van der Waals surface area (Å²) in [7, 11) is -1.41. The number of nitrogens with one attached hydrogen (secondary N) is 2. The maximum atomic E-state index is 4.23. The highest BCUT2D eigenvalue weighted by Gasteiger charge is 2.16. The Kier molecular flexibility index (Phi) is 2.51. The van der Waals surface area contributed by atoms with E-state index < -0.39 is 8.24 Å². The van der Waals surface area contributed by atoms with Crippen LogP contribution in [0, 0.1) is 0 Å². The van der Waals surface area contributed by atoms with Gasteiger partial charge in [0, 0.05) is 0 Å². The Bertz CT molecular complexity index is 489. The highest BCUT2D eigenvalue weighted by Crippen LogP contribution is 2.20. The molecule has 0 saturated heterocycles. The van der Waals surface area contributed by atoms with Gasteiger partial charge in [-0.25, -0.2) is 15.0 Å². The lowest BCUT2D eigenvalue weighted by molar-refractivity contribution is 1.20. The molecule has 0 amide bonds. The van der Waals surface area contributed by atoms with Crippen LogP contribution in [0.1, 0.15) is 0 Å². The monoisotopic (exact) mass is 285 g/mol. The molecule has 0 aliphatic heterocycles. The van der Waals surface area contributed by atoms with Gasteiger partial charge >= 0.3 is 0 Å². The molecule has 0 unspecified atom stereocenters. The maximum Gasteiger partial charge on any atom is 0.183 e. The summed E-state index contributed by atoms with van der Waals surface area (Å²) < 4.78 is 0.677. The molecule has 0 bridgehead atoms. The van der Waals surface area contributed by atoms with Crippen LogP contribution in [0.15, 0.2) is 11.1 Å². The van der Waals surface area contributed by atoms with E-state index in [-0.39, 0.29) is 0 Å². The van der Waals surface area contributed by atoms with Crippen molar-refractivity contribution in [2.24, 2.45) is 0 Å². The zero-order chi connectivity index (χ0) is 11.1. The molecule has 0 aliphatic carbocycles. The summed E-state index contributed by atoms with van der Waals surface area (Å²) in [6, 6.07) is 0. The van der Waals surface area contributed by atoms with Gasteiger partial charge in [0.15, 0.2) is 10.4 Å². The van der Waals surface area contributed by atoms with Crippen molar-refractivity contribution in [3.8, 4) is 0 Å². The molecule has 0 aromatic carbocycles. The van der Waals surface area contributed by atoms with Crippen LogP contribution in [0.2, 0.25) is 19.6 Å². The lowest BCUT2D eigenvalue weighted by Gasteiger charge is -2.18. The van der Waals surface area contributed by atoms with Crippen LogP contribution < -0.4 is 4.98 Å². The Hall–Kier alpha value is -0.953. The van der Waals surface area contributed by atoms with Gasteiger partial charge in [-0.1, -0.05) is 19.6 Å². The van der Waals surface area contributed by atoms with Crippen LogP contribution in [-0.2, 0) is 0 Å². The number of nitrogens with zero attached hydrogens (tertiary/aromatic N) is 3. The molecule has 0 atom stereocenters. The van der Waals surface area contributed by atoms with E-state index >= 15 is 0 Å².